The van der Waals surface area contributed by atoms with E-state index < -0.39 is 44.1 Å². The highest BCUT2D eigenvalue weighted by Gasteiger charge is 2.30. The van der Waals surface area contributed by atoms with Gasteiger partial charge in [-0.2, -0.15) is 0 Å². The first-order valence-corrected chi connectivity index (χ1v) is 14.3. The van der Waals surface area contributed by atoms with E-state index in [0.29, 0.717) is 6.61 Å². The molecule has 0 aliphatic rings. The second kappa shape index (κ2) is 13.8. The van der Waals surface area contributed by atoms with Crippen LogP contribution in [0.2, 0.25) is 0 Å². The molecule has 0 spiro atoms. The molecule has 0 radical (unpaired) electrons. The van der Waals surface area contributed by atoms with Crippen LogP contribution in [0.5, 0.6) is 5.75 Å². The van der Waals surface area contributed by atoms with Crippen molar-refractivity contribution in [2.45, 2.75) is 39.7 Å². The first-order chi connectivity index (χ1) is 19.0. The Morgan fingerprint density at radius 1 is 0.725 bits per heavy atom. The van der Waals surface area contributed by atoms with Crippen LogP contribution in [0.1, 0.15) is 13.8 Å². The summed E-state index contributed by atoms with van der Waals surface area (Å²) in [6, 6.07) is 29.6. The molecule has 0 amide bonds. The molecule has 0 aromatic heterocycles. The van der Waals surface area contributed by atoms with Gasteiger partial charge in [0.15, 0.2) is 44.2 Å². The van der Waals surface area contributed by atoms with Gasteiger partial charge in [-0.1, -0.05) is 42.5 Å². The quantitative estimate of drug-likeness (QED) is 0.0555. The van der Waals surface area contributed by atoms with Gasteiger partial charge in [0.2, 0.25) is 5.82 Å². The molecule has 4 rings (SSSR count). The summed E-state index contributed by atoms with van der Waals surface area (Å²) in [5.74, 6) is -12.0. The molecule has 5 nitrogen and oxygen atoms in total. The number of rotatable bonds is 8. The van der Waals surface area contributed by atoms with Crippen LogP contribution in [0.4, 0.5) is 22.0 Å². The summed E-state index contributed by atoms with van der Waals surface area (Å²) < 4.78 is 104. The van der Waals surface area contributed by atoms with E-state index in [1.54, 1.807) is 0 Å². The van der Waals surface area contributed by atoms with Gasteiger partial charge in [0, 0.05) is 12.7 Å². The van der Waals surface area contributed by atoms with Gasteiger partial charge in [-0.05, 0) is 50.2 Å². The Balaban J connectivity index is 0.000000252. The van der Waals surface area contributed by atoms with E-state index in [-0.39, 0.29) is 17.2 Å². The molecule has 212 valence electrons. The van der Waals surface area contributed by atoms with Gasteiger partial charge in [-0.25, -0.2) is 30.4 Å². The molecule has 1 unspecified atom stereocenters. The van der Waals surface area contributed by atoms with Crippen molar-refractivity contribution in [1.82, 2.24) is 0 Å². The third kappa shape index (κ3) is 7.60. The Morgan fingerprint density at radius 3 is 1.62 bits per heavy atom. The molecule has 4 aromatic carbocycles. The predicted octanol–water partition coefficient (Wildman–Crippen LogP) is 6.83. The van der Waals surface area contributed by atoms with Crippen LogP contribution < -0.4 is 4.74 Å². The Morgan fingerprint density at radius 2 is 1.18 bits per heavy atom. The van der Waals surface area contributed by atoms with Gasteiger partial charge in [-0.3, -0.25) is 0 Å². The molecule has 0 saturated carbocycles. The molecular weight excluding hydrogens is 575 g/mol. The van der Waals surface area contributed by atoms with Gasteiger partial charge in [0.25, 0.3) is 0 Å². The Labute approximate surface area is 231 Å². The van der Waals surface area contributed by atoms with Crippen LogP contribution in [-0.2, 0) is 25.7 Å². The summed E-state index contributed by atoms with van der Waals surface area (Å²) in [5, 5.41) is 0. The van der Waals surface area contributed by atoms with Gasteiger partial charge < -0.3 is 14.0 Å². The van der Waals surface area contributed by atoms with Crippen molar-refractivity contribution in [3.8, 4) is 5.75 Å². The average molecular weight is 599 g/mol. The number of halogens is 5. The zero-order valence-electron chi connectivity index (χ0n) is 21.1. The van der Waals surface area contributed by atoms with Crippen LogP contribution in [-0.4, -0.2) is 25.9 Å². The van der Waals surface area contributed by atoms with E-state index >= 15 is 0 Å². The highest BCUT2D eigenvalue weighted by molar-refractivity contribution is 7.97. The minimum Gasteiger partial charge on any atom is -0.744 e. The predicted molar refractivity (Wildman–Crippen MR) is 137 cm³/mol. The number of hydrogen-bond donors (Lipinski definition) is 0. The second-order valence-corrected chi connectivity index (χ2v) is 11.2. The van der Waals surface area contributed by atoms with Crippen molar-refractivity contribution < 1.29 is 44.4 Å². The van der Waals surface area contributed by atoms with Crippen molar-refractivity contribution in [1.29, 1.82) is 0 Å². The van der Waals surface area contributed by atoms with Crippen LogP contribution >= 0.6 is 0 Å². The zero-order chi connectivity index (χ0) is 29.4. The van der Waals surface area contributed by atoms with Crippen molar-refractivity contribution >= 4 is 21.0 Å². The van der Waals surface area contributed by atoms with Crippen LogP contribution in [0.15, 0.2) is 105 Å². The normalized spacial score (nSPS) is 12.0. The molecule has 0 heterocycles. The second-order valence-electron chi connectivity index (χ2n) is 7.90. The lowest BCUT2D eigenvalue weighted by Gasteiger charge is -2.15. The van der Waals surface area contributed by atoms with E-state index in [2.05, 4.69) is 78.9 Å². The van der Waals surface area contributed by atoms with E-state index in [1.807, 2.05) is 19.9 Å². The maximum Gasteiger partial charge on any atom is 0.200 e. The first kappa shape index (κ1) is 31.1. The molecule has 40 heavy (non-hydrogen) atoms. The molecule has 0 N–H and O–H groups in total. The Bertz CT molecular complexity index is 1470. The fourth-order valence-corrected chi connectivity index (χ4v) is 6.20. The molecule has 0 fully saturated rings. The number of hydrogen-bond acceptors (Lipinski definition) is 5. The standard InChI is InChI=1S/C22H23O2S.C6HF5O3S/c1-3-23-18(2)24-19-11-10-16-22(17-19)25(20-12-6-4-7-13-20)21-14-8-5-9-15-21;7-1-2(8)4(10)6(15(12,13)14)5(11)3(1)9/h4-18H,3H2,1-2H3;(H,12,13,14)/q+1;/p-1. The lowest BCUT2D eigenvalue weighted by Crippen LogP contribution is -2.16. The minimum absolute atomic E-state index is 0.164. The maximum absolute atomic E-state index is 12.6. The van der Waals surface area contributed by atoms with E-state index in [0.717, 1.165) is 5.75 Å². The third-order valence-electron chi connectivity index (χ3n) is 5.12. The summed E-state index contributed by atoms with van der Waals surface area (Å²) in [6.07, 6.45) is -0.254. The van der Waals surface area contributed by atoms with Crippen molar-refractivity contribution in [2.24, 2.45) is 0 Å². The van der Waals surface area contributed by atoms with E-state index in [4.69, 9.17) is 9.47 Å². The monoisotopic (exact) mass is 598 g/mol. The maximum atomic E-state index is 12.6. The summed E-state index contributed by atoms with van der Waals surface area (Å²) in [5.41, 5.74) is 0. The largest absolute Gasteiger partial charge is 0.744 e. The van der Waals surface area contributed by atoms with Crippen molar-refractivity contribution in [2.75, 3.05) is 6.61 Å². The summed E-state index contributed by atoms with van der Waals surface area (Å²) in [7, 11) is -5.94. The first-order valence-electron chi connectivity index (χ1n) is 11.7. The molecule has 0 saturated heterocycles. The van der Waals surface area contributed by atoms with E-state index in [9.17, 15) is 34.9 Å². The minimum atomic E-state index is -5.77. The van der Waals surface area contributed by atoms with Crippen LogP contribution in [0, 0.1) is 29.1 Å². The highest BCUT2D eigenvalue weighted by atomic mass is 32.2. The summed E-state index contributed by atoms with van der Waals surface area (Å²) in [6.45, 7) is 4.53. The van der Waals surface area contributed by atoms with Gasteiger partial charge in [-0.15, -0.1) is 0 Å². The van der Waals surface area contributed by atoms with Crippen LogP contribution in [0.3, 0.4) is 0 Å². The highest BCUT2D eigenvalue weighted by Crippen LogP contribution is 2.33. The molecule has 0 aliphatic heterocycles. The molecule has 1 atom stereocenters. The Kier molecular flexibility index (Phi) is 10.7. The fourth-order valence-electron chi connectivity index (χ4n) is 3.46. The lowest BCUT2D eigenvalue weighted by atomic mass is 10.3. The zero-order valence-corrected chi connectivity index (χ0v) is 22.7. The van der Waals surface area contributed by atoms with Gasteiger partial charge in [0.1, 0.15) is 20.8 Å². The van der Waals surface area contributed by atoms with Crippen LogP contribution in [0.25, 0.3) is 0 Å². The summed E-state index contributed by atoms with van der Waals surface area (Å²) in [4.78, 5) is 1.45. The molecule has 0 bridgehead atoms. The van der Waals surface area contributed by atoms with Crippen molar-refractivity contribution in [3.63, 3.8) is 0 Å². The number of benzene rings is 4. The Hall–Kier alpha value is -3.45. The summed E-state index contributed by atoms with van der Waals surface area (Å²) >= 11 is 0. The van der Waals surface area contributed by atoms with Gasteiger partial charge in [0.05, 0.1) is 10.9 Å². The van der Waals surface area contributed by atoms with Crippen molar-refractivity contribution in [3.05, 3.63) is 114 Å². The third-order valence-corrected chi connectivity index (χ3v) is 8.19. The van der Waals surface area contributed by atoms with Gasteiger partial charge >= 0.3 is 0 Å². The van der Waals surface area contributed by atoms with E-state index in [1.165, 1.54) is 14.7 Å². The molecule has 4 aromatic rings. The molecule has 12 heteroatoms. The molecular formula is C28H23F5O5S2. The average Bonchev–Trinajstić information content (AvgIpc) is 2.92. The topological polar surface area (TPSA) is 75.7 Å². The lowest BCUT2D eigenvalue weighted by molar-refractivity contribution is -0.0614. The fraction of sp³-hybridized carbons (Fsp3) is 0.143. The number of ether oxygens (including phenoxy) is 2. The molecule has 0 aliphatic carbocycles. The smallest absolute Gasteiger partial charge is 0.200 e. The SMILES string of the molecule is CCOC(C)Oc1cccc([S+](c2ccccc2)c2ccccc2)c1.O=S(=O)([O-])c1c(F)c(F)c(F)c(F)c1F.